The van der Waals surface area contributed by atoms with Crippen molar-refractivity contribution in [1.29, 1.82) is 0 Å². The minimum atomic E-state index is -0.371. The molecular formula is C12H20N2O. The van der Waals surface area contributed by atoms with Crippen molar-refractivity contribution in [2.45, 2.75) is 47.6 Å². The molecule has 0 saturated heterocycles. The molecule has 0 aliphatic carbocycles. The van der Waals surface area contributed by atoms with E-state index in [9.17, 15) is 4.79 Å². The lowest BCUT2D eigenvalue weighted by atomic mass is 9.90. The van der Waals surface area contributed by atoms with Crippen LogP contribution < -0.4 is 0 Å². The van der Waals surface area contributed by atoms with Crippen molar-refractivity contribution < 1.29 is 4.79 Å². The van der Waals surface area contributed by atoms with Gasteiger partial charge in [0.05, 0.1) is 5.69 Å². The lowest BCUT2D eigenvalue weighted by Crippen LogP contribution is -2.24. The van der Waals surface area contributed by atoms with Crippen LogP contribution in [-0.4, -0.2) is 15.3 Å². The second kappa shape index (κ2) is 3.80. The molecule has 0 aromatic carbocycles. The van der Waals surface area contributed by atoms with E-state index in [1.165, 1.54) is 0 Å². The van der Waals surface area contributed by atoms with Gasteiger partial charge in [0.15, 0.2) is 5.82 Å². The zero-order valence-electron chi connectivity index (χ0n) is 10.5. The number of imidazole rings is 1. The second-order valence-corrected chi connectivity index (χ2v) is 5.29. The normalized spacial score (nSPS) is 12.2. The summed E-state index contributed by atoms with van der Waals surface area (Å²) in [6.07, 6.45) is 1.93. The van der Waals surface area contributed by atoms with Gasteiger partial charge in [0.25, 0.3) is 0 Å². The summed E-state index contributed by atoms with van der Waals surface area (Å²) in [7, 11) is 0. The topological polar surface area (TPSA) is 34.9 Å². The highest BCUT2D eigenvalue weighted by molar-refractivity contribution is 5.97. The maximum absolute atomic E-state index is 12.1. The molecule has 1 aromatic rings. The smallest absolute Gasteiger partial charge is 0.203 e. The SMILES string of the molecule is Cc1cn(C(C)C)c(C(=O)C(C)(C)C)n1. The van der Waals surface area contributed by atoms with E-state index in [-0.39, 0.29) is 17.2 Å². The first kappa shape index (κ1) is 12.0. The van der Waals surface area contributed by atoms with Gasteiger partial charge >= 0.3 is 0 Å². The molecule has 0 aliphatic heterocycles. The number of aryl methyl sites for hydroxylation is 1. The summed E-state index contributed by atoms with van der Waals surface area (Å²) in [4.78, 5) is 16.4. The highest BCUT2D eigenvalue weighted by atomic mass is 16.1. The van der Waals surface area contributed by atoms with Gasteiger partial charge in [-0.2, -0.15) is 0 Å². The Morgan fingerprint density at radius 1 is 1.40 bits per heavy atom. The van der Waals surface area contributed by atoms with E-state index in [1.54, 1.807) is 0 Å². The summed E-state index contributed by atoms with van der Waals surface area (Å²) in [5, 5.41) is 0. The first-order valence-electron chi connectivity index (χ1n) is 5.33. The number of hydrogen-bond donors (Lipinski definition) is 0. The molecule has 0 radical (unpaired) electrons. The summed E-state index contributed by atoms with van der Waals surface area (Å²) in [6, 6.07) is 0.271. The second-order valence-electron chi connectivity index (χ2n) is 5.29. The number of carbonyl (C=O) groups is 1. The third-order valence-electron chi connectivity index (χ3n) is 2.29. The molecule has 0 saturated carbocycles. The van der Waals surface area contributed by atoms with E-state index in [4.69, 9.17) is 0 Å². The van der Waals surface area contributed by atoms with Crippen LogP contribution >= 0.6 is 0 Å². The number of nitrogens with zero attached hydrogens (tertiary/aromatic N) is 2. The average Bonchev–Trinajstić information content (AvgIpc) is 2.44. The fourth-order valence-corrected chi connectivity index (χ4v) is 1.41. The molecule has 0 fully saturated rings. The van der Waals surface area contributed by atoms with Crippen LogP contribution in [0.1, 0.15) is 57.0 Å². The monoisotopic (exact) mass is 208 g/mol. The molecule has 3 heteroatoms. The fourth-order valence-electron chi connectivity index (χ4n) is 1.41. The number of carbonyl (C=O) groups excluding carboxylic acids is 1. The van der Waals surface area contributed by atoms with Gasteiger partial charge in [-0.3, -0.25) is 4.79 Å². The van der Waals surface area contributed by atoms with Crippen LogP contribution in [0.3, 0.4) is 0 Å². The largest absolute Gasteiger partial charge is 0.326 e. The van der Waals surface area contributed by atoms with Crippen molar-refractivity contribution in [3.8, 4) is 0 Å². The molecule has 0 aliphatic rings. The highest BCUT2D eigenvalue weighted by Crippen LogP contribution is 2.22. The van der Waals surface area contributed by atoms with E-state index in [0.717, 1.165) is 5.69 Å². The lowest BCUT2D eigenvalue weighted by molar-refractivity contribution is 0.0840. The Bertz CT molecular complexity index is 369. The van der Waals surface area contributed by atoms with Gasteiger partial charge in [0.2, 0.25) is 5.78 Å². The summed E-state index contributed by atoms with van der Waals surface area (Å²) < 4.78 is 1.95. The molecule has 0 unspecified atom stereocenters. The Morgan fingerprint density at radius 3 is 2.33 bits per heavy atom. The van der Waals surface area contributed by atoms with Crippen molar-refractivity contribution in [3.05, 3.63) is 17.7 Å². The van der Waals surface area contributed by atoms with Gasteiger partial charge in [-0.1, -0.05) is 20.8 Å². The van der Waals surface area contributed by atoms with Crippen molar-refractivity contribution in [2.24, 2.45) is 5.41 Å². The van der Waals surface area contributed by atoms with Gasteiger partial charge in [0, 0.05) is 17.7 Å². The summed E-state index contributed by atoms with van der Waals surface area (Å²) in [5.41, 5.74) is 0.529. The number of ketones is 1. The molecule has 0 N–H and O–H groups in total. The highest BCUT2D eigenvalue weighted by Gasteiger charge is 2.27. The van der Waals surface area contributed by atoms with E-state index < -0.39 is 0 Å². The Labute approximate surface area is 91.5 Å². The number of hydrogen-bond acceptors (Lipinski definition) is 2. The molecule has 1 rings (SSSR count). The minimum absolute atomic E-state index is 0.101. The Kier molecular flexibility index (Phi) is 3.03. The molecule has 15 heavy (non-hydrogen) atoms. The predicted molar refractivity (Wildman–Crippen MR) is 61.1 cm³/mol. The fraction of sp³-hybridized carbons (Fsp3) is 0.667. The zero-order valence-corrected chi connectivity index (χ0v) is 10.5. The standard InChI is InChI=1S/C12H20N2O/c1-8(2)14-7-9(3)13-11(14)10(15)12(4,5)6/h7-8H,1-6H3. The van der Waals surface area contributed by atoms with Crippen LogP contribution in [0.4, 0.5) is 0 Å². The minimum Gasteiger partial charge on any atom is -0.326 e. The zero-order chi connectivity index (χ0) is 11.8. The van der Waals surface area contributed by atoms with Crippen LogP contribution in [0.25, 0.3) is 0 Å². The first-order valence-corrected chi connectivity index (χ1v) is 5.33. The van der Waals surface area contributed by atoms with Crippen molar-refractivity contribution in [1.82, 2.24) is 9.55 Å². The molecule has 0 spiro atoms. The van der Waals surface area contributed by atoms with Crippen molar-refractivity contribution in [2.75, 3.05) is 0 Å². The number of aromatic nitrogens is 2. The van der Waals surface area contributed by atoms with Gasteiger partial charge in [-0.25, -0.2) is 4.98 Å². The number of Topliss-reactive ketones (excluding diaryl/α,β-unsaturated/α-hetero) is 1. The van der Waals surface area contributed by atoms with Gasteiger partial charge in [0.1, 0.15) is 0 Å². The van der Waals surface area contributed by atoms with Gasteiger partial charge in [-0.15, -0.1) is 0 Å². The van der Waals surface area contributed by atoms with E-state index in [2.05, 4.69) is 18.8 Å². The van der Waals surface area contributed by atoms with Crippen LogP contribution in [0.5, 0.6) is 0 Å². The van der Waals surface area contributed by atoms with Crippen LogP contribution in [0.15, 0.2) is 6.20 Å². The Morgan fingerprint density at radius 2 is 1.93 bits per heavy atom. The first-order chi connectivity index (χ1) is 6.73. The summed E-state index contributed by atoms with van der Waals surface area (Å²) >= 11 is 0. The van der Waals surface area contributed by atoms with E-state index >= 15 is 0 Å². The summed E-state index contributed by atoms with van der Waals surface area (Å²) in [5.74, 6) is 0.680. The Balaban J connectivity index is 3.20. The van der Waals surface area contributed by atoms with Crippen molar-refractivity contribution in [3.63, 3.8) is 0 Å². The predicted octanol–water partition coefficient (Wildman–Crippen LogP) is 3.00. The van der Waals surface area contributed by atoms with E-state index in [1.807, 2.05) is 38.5 Å². The molecule has 3 nitrogen and oxygen atoms in total. The Hall–Kier alpha value is -1.12. The van der Waals surface area contributed by atoms with Crippen LogP contribution in [0, 0.1) is 12.3 Å². The molecule has 1 heterocycles. The molecular weight excluding hydrogens is 188 g/mol. The van der Waals surface area contributed by atoms with Crippen LogP contribution in [-0.2, 0) is 0 Å². The van der Waals surface area contributed by atoms with Crippen molar-refractivity contribution >= 4 is 5.78 Å². The maximum Gasteiger partial charge on any atom is 0.203 e. The molecule has 0 bridgehead atoms. The van der Waals surface area contributed by atoms with E-state index in [0.29, 0.717) is 5.82 Å². The lowest BCUT2D eigenvalue weighted by Gasteiger charge is -2.18. The molecule has 84 valence electrons. The van der Waals surface area contributed by atoms with Gasteiger partial charge < -0.3 is 4.57 Å². The third kappa shape index (κ3) is 2.46. The maximum atomic E-state index is 12.1. The third-order valence-corrected chi connectivity index (χ3v) is 2.29. The average molecular weight is 208 g/mol. The summed E-state index contributed by atoms with van der Waals surface area (Å²) in [6.45, 7) is 11.8. The van der Waals surface area contributed by atoms with Gasteiger partial charge in [-0.05, 0) is 20.8 Å². The molecule has 0 amide bonds. The van der Waals surface area contributed by atoms with Crippen LogP contribution in [0.2, 0.25) is 0 Å². The quantitative estimate of drug-likeness (QED) is 0.700. The number of rotatable bonds is 2. The molecule has 0 atom stereocenters. The molecule has 1 aromatic heterocycles.